The Bertz CT molecular complexity index is 714. The number of hydrogen-bond acceptors (Lipinski definition) is 5. The van der Waals surface area contributed by atoms with Crippen molar-refractivity contribution in [1.29, 1.82) is 0 Å². The topological polar surface area (TPSA) is 53.0 Å². The molecule has 0 amide bonds. The molecule has 2 unspecified atom stereocenters. The molecule has 1 N–H and O–H groups in total. The number of aldehydes is 1. The van der Waals surface area contributed by atoms with E-state index in [0.29, 0.717) is 42.1 Å². The number of carbonyl (C=O) groups excluding carboxylic acids is 1. The highest BCUT2D eigenvalue weighted by Crippen LogP contribution is 2.40. The van der Waals surface area contributed by atoms with Crippen molar-refractivity contribution in [3.8, 4) is 11.5 Å². The van der Waals surface area contributed by atoms with E-state index in [1.807, 2.05) is 0 Å². The zero-order chi connectivity index (χ0) is 19.6. The third-order valence-electron chi connectivity index (χ3n) is 5.92. The van der Waals surface area contributed by atoms with Crippen LogP contribution in [0.15, 0.2) is 24.0 Å². The van der Waals surface area contributed by atoms with E-state index in [-0.39, 0.29) is 11.3 Å². The van der Waals surface area contributed by atoms with Gasteiger partial charge in [0.15, 0.2) is 6.29 Å². The average molecular weight is 373 g/mol. The van der Waals surface area contributed by atoms with E-state index >= 15 is 0 Å². The lowest BCUT2D eigenvalue weighted by Crippen LogP contribution is -2.37. The summed E-state index contributed by atoms with van der Waals surface area (Å²) >= 11 is 0. The number of ether oxygens (including phenoxy) is 1. The van der Waals surface area contributed by atoms with E-state index in [9.17, 15) is 9.90 Å². The van der Waals surface area contributed by atoms with E-state index in [0.717, 1.165) is 13.1 Å². The molecule has 0 aromatic heterocycles. The van der Waals surface area contributed by atoms with Crippen molar-refractivity contribution < 1.29 is 14.6 Å². The molecule has 1 aromatic carbocycles. The normalized spacial score (nSPS) is 22.9. The van der Waals surface area contributed by atoms with Crippen LogP contribution in [0.1, 0.15) is 55.5 Å². The summed E-state index contributed by atoms with van der Waals surface area (Å²) in [7, 11) is 2.13. The van der Waals surface area contributed by atoms with Crippen molar-refractivity contribution in [3.05, 3.63) is 35.2 Å². The number of benzene rings is 1. The van der Waals surface area contributed by atoms with Crippen molar-refractivity contribution >= 4 is 6.29 Å². The second-order valence-corrected chi connectivity index (χ2v) is 8.24. The molecular weight excluding hydrogens is 340 g/mol. The largest absolute Gasteiger partial charge is 0.507 e. The Morgan fingerprint density at radius 1 is 1.30 bits per heavy atom. The molecule has 1 aliphatic heterocycles. The molecule has 5 nitrogen and oxygen atoms in total. The van der Waals surface area contributed by atoms with Gasteiger partial charge in [0.2, 0.25) is 0 Å². The highest BCUT2D eigenvalue weighted by Gasteiger charge is 2.35. The predicted octanol–water partition coefficient (Wildman–Crippen LogP) is 4.15. The van der Waals surface area contributed by atoms with Crippen molar-refractivity contribution in [2.45, 2.75) is 52.5 Å². The molecule has 1 aliphatic carbocycles. The number of aromatic hydroxyl groups is 1. The van der Waals surface area contributed by atoms with Gasteiger partial charge in [-0.1, -0.05) is 18.9 Å². The van der Waals surface area contributed by atoms with Gasteiger partial charge in [-0.15, -0.1) is 0 Å². The van der Waals surface area contributed by atoms with Gasteiger partial charge in [0.25, 0.3) is 0 Å². The minimum absolute atomic E-state index is 0.0220. The SMILES string of the molecule is Cc1ccc(OCC2CCCCC2C2=CN(C)CN2C(C)C)c(C=O)c1O. The monoisotopic (exact) mass is 372 g/mol. The first kappa shape index (κ1) is 19.6. The van der Waals surface area contributed by atoms with Crippen LogP contribution in [0.25, 0.3) is 0 Å². The summed E-state index contributed by atoms with van der Waals surface area (Å²) in [5.41, 5.74) is 2.36. The van der Waals surface area contributed by atoms with Crippen LogP contribution in [0.5, 0.6) is 11.5 Å². The molecule has 5 heteroatoms. The minimum atomic E-state index is 0.0220. The molecule has 0 saturated heterocycles. The smallest absolute Gasteiger partial charge is 0.157 e. The third-order valence-corrected chi connectivity index (χ3v) is 5.92. The molecule has 0 radical (unpaired) electrons. The van der Waals surface area contributed by atoms with Gasteiger partial charge in [-0.25, -0.2) is 0 Å². The fourth-order valence-electron chi connectivity index (χ4n) is 4.36. The summed E-state index contributed by atoms with van der Waals surface area (Å²) in [4.78, 5) is 16.2. The quantitative estimate of drug-likeness (QED) is 0.760. The fourth-order valence-corrected chi connectivity index (χ4v) is 4.36. The van der Waals surface area contributed by atoms with E-state index in [4.69, 9.17) is 4.74 Å². The van der Waals surface area contributed by atoms with Crippen LogP contribution in [-0.4, -0.2) is 47.6 Å². The van der Waals surface area contributed by atoms with Gasteiger partial charge in [-0.2, -0.15) is 0 Å². The summed E-state index contributed by atoms with van der Waals surface area (Å²) in [6.07, 6.45) is 7.75. The van der Waals surface area contributed by atoms with Crippen LogP contribution in [0.4, 0.5) is 0 Å². The molecule has 148 valence electrons. The van der Waals surface area contributed by atoms with Gasteiger partial charge < -0.3 is 19.6 Å². The predicted molar refractivity (Wildman–Crippen MR) is 107 cm³/mol. The molecule has 1 heterocycles. The molecule has 1 fully saturated rings. The number of phenols is 1. The first-order chi connectivity index (χ1) is 12.9. The summed E-state index contributed by atoms with van der Waals surface area (Å²) in [5, 5.41) is 10.1. The Hall–Kier alpha value is -2.17. The zero-order valence-electron chi connectivity index (χ0n) is 16.9. The van der Waals surface area contributed by atoms with Crippen molar-refractivity contribution in [1.82, 2.24) is 9.80 Å². The van der Waals surface area contributed by atoms with Gasteiger partial charge >= 0.3 is 0 Å². The molecule has 2 atom stereocenters. The number of phenolic OH excluding ortho intramolecular Hbond substituents is 1. The Morgan fingerprint density at radius 2 is 2.04 bits per heavy atom. The van der Waals surface area contributed by atoms with Crippen LogP contribution in [-0.2, 0) is 0 Å². The summed E-state index contributed by atoms with van der Waals surface area (Å²) in [6, 6.07) is 4.06. The molecule has 3 rings (SSSR count). The standard InChI is InChI=1S/C22H32N2O3/c1-15(2)24-14-23(4)11-20(24)18-8-6-5-7-17(18)13-27-21-10-9-16(3)22(26)19(21)12-25/h9-12,15,17-18,26H,5-8,13-14H2,1-4H3. The fraction of sp³-hybridized carbons (Fsp3) is 0.591. The second kappa shape index (κ2) is 8.24. The maximum Gasteiger partial charge on any atom is 0.157 e. The highest BCUT2D eigenvalue weighted by atomic mass is 16.5. The maximum atomic E-state index is 11.4. The molecule has 0 spiro atoms. The van der Waals surface area contributed by atoms with Gasteiger partial charge in [0.1, 0.15) is 11.5 Å². The zero-order valence-corrected chi connectivity index (χ0v) is 16.9. The number of nitrogens with zero attached hydrogens (tertiary/aromatic N) is 2. The van der Waals surface area contributed by atoms with Crippen LogP contribution in [0.3, 0.4) is 0 Å². The van der Waals surface area contributed by atoms with Crippen LogP contribution >= 0.6 is 0 Å². The average Bonchev–Trinajstić information content (AvgIpc) is 3.05. The Labute approximate surface area is 162 Å². The van der Waals surface area contributed by atoms with Gasteiger partial charge in [0.05, 0.1) is 18.8 Å². The Kier molecular flexibility index (Phi) is 5.98. The number of allylic oxidation sites excluding steroid dienone is 1. The molecular formula is C22H32N2O3. The molecule has 2 aliphatic rings. The summed E-state index contributed by atoms with van der Waals surface area (Å²) in [5.74, 6) is 1.40. The first-order valence-corrected chi connectivity index (χ1v) is 10.0. The summed E-state index contributed by atoms with van der Waals surface area (Å²) in [6.45, 7) is 7.78. The Morgan fingerprint density at radius 3 is 2.74 bits per heavy atom. The third kappa shape index (κ3) is 4.07. The molecule has 27 heavy (non-hydrogen) atoms. The van der Waals surface area contributed by atoms with E-state index in [1.165, 1.54) is 25.0 Å². The summed E-state index contributed by atoms with van der Waals surface area (Å²) < 4.78 is 6.07. The van der Waals surface area contributed by atoms with Crippen LogP contribution < -0.4 is 4.74 Å². The van der Waals surface area contributed by atoms with Gasteiger partial charge in [-0.3, -0.25) is 4.79 Å². The number of carbonyl (C=O) groups is 1. The molecule has 0 bridgehead atoms. The van der Waals surface area contributed by atoms with E-state index < -0.39 is 0 Å². The molecule has 1 aromatic rings. The van der Waals surface area contributed by atoms with E-state index in [1.54, 1.807) is 19.1 Å². The lowest BCUT2D eigenvalue weighted by molar-refractivity contribution is 0.110. The number of rotatable bonds is 6. The molecule has 1 saturated carbocycles. The number of hydrogen-bond donors (Lipinski definition) is 1. The van der Waals surface area contributed by atoms with Crippen LogP contribution in [0, 0.1) is 18.8 Å². The first-order valence-electron chi connectivity index (χ1n) is 10.0. The lowest BCUT2D eigenvalue weighted by atomic mass is 9.77. The van der Waals surface area contributed by atoms with Crippen molar-refractivity contribution in [3.63, 3.8) is 0 Å². The van der Waals surface area contributed by atoms with Crippen molar-refractivity contribution in [2.24, 2.45) is 11.8 Å². The minimum Gasteiger partial charge on any atom is -0.507 e. The number of aryl methyl sites for hydroxylation is 1. The van der Waals surface area contributed by atoms with Gasteiger partial charge in [-0.05, 0) is 45.2 Å². The Balaban J connectivity index is 1.76. The lowest BCUT2D eigenvalue weighted by Gasteiger charge is -2.37. The second-order valence-electron chi connectivity index (χ2n) is 8.24. The van der Waals surface area contributed by atoms with Crippen LogP contribution in [0.2, 0.25) is 0 Å². The van der Waals surface area contributed by atoms with Gasteiger partial charge in [0, 0.05) is 36.8 Å². The highest BCUT2D eigenvalue weighted by molar-refractivity contribution is 5.84. The van der Waals surface area contributed by atoms with Crippen molar-refractivity contribution in [2.75, 3.05) is 20.3 Å². The van der Waals surface area contributed by atoms with E-state index in [2.05, 4.69) is 36.9 Å². The maximum absolute atomic E-state index is 11.4.